The van der Waals surface area contributed by atoms with Crippen LogP contribution in [-0.4, -0.2) is 9.55 Å². The fraction of sp³-hybridized carbons (Fsp3) is 0.235. The van der Waals surface area contributed by atoms with Gasteiger partial charge in [0.15, 0.2) is 0 Å². The smallest absolute Gasteiger partial charge is 0.313 e. The molecular formula is C17H13BrF3N3. The zero-order chi connectivity index (χ0) is 16.9. The molecule has 1 aromatic heterocycles. The van der Waals surface area contributed by atoms with Crippen LogP contribution >= 0.6 is 15.9 Å². The molecule has 124 valence electrons. The number of hydrogen-bond donors (Lipinski definition) is 1. The molecule has 0 radical (unpaired) electrons. The first-order valence-electron chi connectivity index (χ1n) is 7.47. The van der Waals surface area contributed by atoms with Crippen LogP contribution in [0.1, 0.15) is 23.0 Å². The van der Waals surface area contributed by atoms with E-state index < -0.39 is 11.7 Å². The highest BCUT2D eigenvalue weighted by atomic mass is 79.9. The Balaban J connectivity index is 1.69. The van der Waals surface area contributed by atoms with E-state index >= 15 is 0 Å². The van der Waals surface area contributed by atoms with Crippen molar-refractivity contribution in [3.8, 4) is 0 Å². The number of aromatic nitrogens is 2. The van der Waals surface area contributed by atoms with Gasteiger partial charge in [0.05, 0.1) is 29.3 Å². The molecule has 0 bridgehead atoms. The van der Waals surface area contributed by atoms with Crippen LogP contribution in [0.4, 0.5) is 13.2 Å². The van der Waals surface area contributed by atoms with Gasteiger partial charge in [-0.3, -0.25) is 5.32 Å². The van der Waals surface area contributed by atoms with Crippen molar-refractivity contribution in [3.05, 3.63) is 63.9 Å². The van der Waals surface area contributed by atoms with Crippen molar-refractivity contribution >= 4 is 27.0 Å². The molecule has 4 rings (SSSR count). The molecule has 0 unspecified atom stereocenters. The van der Waals surface area contributed by atoms with E-state index in [4.69, 9.17) is 0 Å². The van der Waals surface area contributed by atoms with E-state index in [0.717, 1.165) is 28.3 Å². The van der Waals surface area contributed by atoms with Crippen molar-refractivity contribution < 1.29 is 13.2 Å². The van der Waals surface area contributed by atoms with E-state index in [9.17, 15) is 13.2 Å². The molecule has 0 spiro atoms. The van der Waals surface area contributed by atoms with E-state index in [1.807, 2.05) is 28.8 Å². The lowest BCUT2D eigenvalue weighted by molar-refractivity contribution is -0.137. The molecule has 1 aliphatic heterocycles. The van der Waals surface area contributed by atoms with Crippen molar-refractivity contribution in [2.45, 2.75) is 25.3 Å². The van der Waals surface area contributed by atoms with Crippen LogP contribution in [0.3, 0.4) is 0 Å². The maximum Gasteiger partial charge on any atom is 0.416 e. The van der Waals surface area contributed by atoms with Gasteiger partial charge in [0.1, 0.15) is 5.82 Å². The van der Waals surface area contributed by atoms with Gasteiger partial charge in [-0.2, -0.15) is 13.2 Å². The lowest BCUT2D eigenvalue weighted by atomic mass is 10.1. The second-order valence-electron chi connectivity index (χ2n) is 5.84. The van der Waals surface area contributed by atoms with Crippen LogP contribution in [0.5, 0.6) is 0 Å². The third kappa shape index (κ3) is 2.71. The Bertz CT molecular complexity index is 900. The summed E-state index contributed by atoms with van der Waals surface area (Å²) in [5, 5.41) is 3.32. The highest BCUT2D eigenvalue weighted by molar-refractivity contribution is 9.10. The summed E-state index contributed by atoms with van der Waals surface area (Å²) in [6.07, 6.45) is -3.61. The van der Waals surface area contributed by atoms with Crippen LogP contribution < -0.4 is 5.32 Å². The molecular weight excluding hydrogens is 383 g/mol. The molecule has 3 nitrogen and oxygen atoms in total. The van der Waals surface area contributed by atoms with E-state index in [-0.39, 0.29) is 6.04 Å². The monoisotopic (exact) mass is 395 g/mol. The average molecular weight is 396 g/mol. The fourth-order valence-electron chi connectivity index (χ4n) is 3.06. The van der Waals surface area contributed by atoms with Crippen molar-refractivity contribution in [2.75, 3.05) is 0 Å². The molecule has 0 fully saturated rings. The van der Waals surface area contributed by atoms with Crippen LogP contribution in [0, 0.1) is 0 Å². The molecule has 3 aromatic rings. The summed E-state index contributed by atoms with van der Waals surface area (Å²) in [5.74, 6) is 0.784. The van der Waals surface area contributed by atoms with Crippen LogP contribution in [0.2, 0.25) is 0 Å². The molecule has 1 N–H and O–H groups in total. The van der Waals surface area contributed by atoms with Gasteiger partial charge in [0, 0.05) is 4.47 Å². The summed E-state index contributed by atoms with van der Waals surface area (Å²) >= 11 is 3.41. The lowest BCUT2D eigenvalue weighted by Gasteiger charge is -2.09. The van der Waals surface area contributed by atoms with Crippen LogP contribution in [0.15, 0.2) is 46.9 Å². The minimum absolute atomic E-state index is 0.00656. The first-order chi connectivity index (χ1) is 11.4. The number of nitrogens with zero attached hydrogens (tertiary/aromatic N) is 2. The number of rotatable bonds is 2. The lowest BCUT2D eigenvalue weighted by Crippen LogP contribution is -2.15. The minimum atomic E-state index is -4.35. The predicted molar refractivity (Wildman–Crippen MR) is 88.5 cm³/mol. The standard InChI is InChI=1S/C17H13BrF3N3/c18-12-4-1-10(2-5-12)7-14-16-23-13-6-3-11(17(19,20)21)8-15(13)24(16)9-22-14/h1-6,8,14,22H,7,9H2/t14-/m1/s1. The number of nitrogens with one attached hydrogen (secondary N) is 1. The zero-order valence-electron chi connectivity index (χ0n) is 12.4. The zero-order valence-corrected chi connectivity index (χ0v) is 14.0. The number of alkyl halides is 3. The second-order valence-corrected chi connectivity index (χ2v) is 6.76. The highest BCUT2D eigenvalue weighted by Gasteiger charge is 2.32. The number of imidazole rings is 1. The quantitative estimate of drug-likeness (QED) is 0.683. The summed E-state index contributed by atoms with van der Waals surface area (Å²) in [7, 11) is 0. The van der Waals surface area contributed by atoms with E-state index in [1.54, 1.807) is 0 Å². The van der Waals surface area contributed by atoms with Crippen LogP contribution in [-0.2, 0) is 19.3 Å². The van der Waals surface area contributed by atoms with Gasteiger partial charge in [-0.25, -0.2) is 4.98 Å². The first-order valence-corrected chi connectivity index (χ1v) is 8.26. The van der Waals surface area contributed by atoms with Crippen LogP contribution in [0.25, 0.3) is 11.0 Å². The Hall–Kier alpha value is -1.86. The Morgan fingerprint density at radius 2 is 1.92 bits per heavy atom. The summed E-state index contributed by atoms with van der Waals surface area (Å²) < 4.78 is 41.6. The maximum atomic E-state index is 12.9. The van der Waals surface area contributed by atoms with Gasteiger partial charge in [0.2, 0.25) is 0 Å². The molecule has 0 saturated heterocycles. The van der Waals surface area contributed by atoms with Gasteiger partial charge >= 0.3 is 6.18 Å². The summed E-state index contributed by atoms with van der Waals surface area (Å²) in [6, 6.07) is 11.7. The normalized spacial score (nSPS) is 17.4. The number of benzene rings is 2. The summed E-state index contributed by atoms with van der Waals surface area (Å²) in [5.41, 5.74) is 1.62. The molecule has 0 aliphatic carbocycles. The van der Waals surface area contributed by atoms with E-state index in [1.165, 1.54) is 12.1 Å². The molecule has 7 heteroatoms. The Morgan fingerprint density at radius 3 is 2.62 bits per heavy atom. The Kier molecular flexibility index (Phi) is 3.65. The summed E-state index contributed by atoms with van der Waals surface area (Å²) in [4.78, 5) is 4.54. The van der Waals surface area contributed by atoms with E-state index in [0.29, 0.717) is 17.7 Å². The molecule has 1 atom stereocenters. The molecule has 1 aliphatic rings. The third-order valence-corrected chi connectivity index (χ3v) is 4.79. The molecule has 2 heterocycles. The van der Waals surface area contributed by atoms with Gasteiger partial charge in [-0.15, -0.1) is 0 Å². The summed E-state index contributed by atoms with van der Waals surface area (Å²) in [6.45, 7) is 0.467. The van der Waals surface area contributed by atoms with Gasteiger partial charge in [-0.1, -0.05) is 28.1 Å². The molecule has 2 aromatic carbocycles. The van der Waals surface area contributed by atoms with Crippen molar-refractivity contribution in [1.82, 2.24) is 14.9 Å². The Morgan fingerprint density at radius 1 is 1.17 bits per heavy atom. The van der Waals surface area contributed by atoms with Gasteiger partial charge < -0.3 is 4.57 Å². The molecule has 24 heavy (non-hydrogen) atoms. The predicted octanol–water partition coefficient (Wildman–Crippen LogP) is 4.66. The van der Waals surface area contributed by atoms with Gasteiger partial charge in [0.25, 0.3) is 0 Å². The number of fused-ring (bicyclic) bond motifs is 3. The van der Waals surface area contributed by atoms with E-state index in [2.05, 4.69) is 26.2 Å². The highest BCUT2D eigenvalue weighted by Crippen LogP contribution is 2.34. The first kappa shape index (κ1) is 15.7. The largest absolute Gasteiger partial charge is 0.416 e. The second kappa shape index (κ2) is 5.60. The molecule has 0 saturated carbocycles. The van der Waals surface area contributed by atoms with Crippen molar-refractivity contribution in [1.29, 1.82) is 0 Å². The Labute approximate surface area is 144 Å². The fourth-order valence-corrected chi connectivity index (χ4v) is 3.33. The van der Waals surface area contributed by atoms with Gasteiger partial charge in [-0.05, 0) is 42.3 Å². The topological polar surface area (TPSA) is 29.9 Å². The number of halogens is 4. The average Bonchev–Trinajstić information content (AvgIpc) is 3.08. The van der Waals surface area contributed by atoms with Crippen molar-refractivity contribution in [3.63, 3.8) is 0 Å². The molecule has 0 amide bonds. The maximum absolute atomic E-state index is 12.9. The minimum Gasteiger partial charge on any atom is -0.313 e. The van der Waals surface area contributed by atoms with Crippen molar-refractivity contribution in [2.24, 2.45) is 0 Å². The third-order valence-electron chi connectivity index (χ3n) is 4.27. The SMILES string of the molecule is FC(F)(F)c1ccc2nc3n(c2c1)CN[C@@H]3Cc1ccc(Br)cc1. The number of hydrogen-bond acceptors (Lipinski definition) is 2.